The molecule has 0 spiro atoms. The van der Waals surface area contributed by atoms with Crippen LogP contribution in [0.15, 0.2) is 18.3 Å². The molecule has 0 radical (unpaired) electrons. The first-order valence-electron chi connectivity index (χ1n) is 6.68. The van der Waals surface area contributed by atoms with Crippen LogP contribution in [0.3, 0.4) is 0 Å². The van der Waals surface area contributed by atoms with Crippen molar-refractivity contribution in [3.05, 3.63) is 28.4 Å². The second kappa shape index (κ2) is 6.83. The highest BCUT2D eigenvalue weighted by Gasteiger charge is 2.19. The van der Waals surface area contributed by atoms with Crippen LogP contribution >= 0.6 is 0 Å². The zero-order valence-corrected chi connectivity index (χ0v) is 11.2. The van der Waals surface area contributed by atoms with E-state index in [0.717, 1.165) is 38.8 Å². The predicted molar refractivity (Wildman–Crippen MR) is 71.4 cm³/mol. The fraction of sp³-hybridized carbons (Fsp3) is 0.538. The lowest BCUT2D eigenvalue weighted by atomic mass is 10.2. The van der Waals surface area contributed by atoms with Crippen molar-refractivity contribution in [2.45, 2.75) is 25.7 Å². The molecule has 0 N–H and O–H groups in total. The minimum atomic E-state index is -0.619. The van der Waals surface area contributed by atoms with Crippen LogP contribution in [0.4, 0.5) is 5.82 Å². The highest BCUT2D eigenvalue weighted by atomic mass is 16.6. The van der Waals surface area contributed by atoms with E-state index >= 15 is 0 Å². The van der Waals surface area contributed by atoms with Gasteiger partial charge in [0.2, 0.25) is 5.75 Å². The van der Waals surface area contributed by atoms with E-state index in [2.05, 4.69) is 4.98 Å². The first-order valence-corrected chi connectivity index (χ1v) is 6.68. The lowest BCUT2D eigenvalue weighted by molar-refractivity contribution is -0.390. The molecule has 108 valence electrons. The van der Waals surface area contributed by atoms with Gasteiger partial charge in [0.15, 0.2) is 6.61 Å². The Morgan fingerprint density at radius 1 is 1.35 bits per heavy atom. The van der Waals surface area contributed by atoms with Gasteiger partial charge in [0.05, 0.1) is 0 Å². The smallest absolute Gasteiger partial charge is 0.406 e. The highest BCUT2D eigenvalue weighted by molar-refractivity contribution is 5.77. The molecule has 1 saturated heterocycles. The van der Waals surface area contributed by atoms with Crippen LogP contribution in [0, 0.1) is 10.1 Å². The van der Waals surface area contributed by atoms with Crippen molar-refractivity contribution in [1.82, 2.24) is 9.88 Å². The third kappa shape index (κ3) is 3.66. The Hall–Kier alpha value is -2.18. The van der Waals surface area contributed by atoms with Crippen LogP contribution in [-0.2, 0) is 4.79 Å². The summed E-state index contributed by atoms with van der Waals surface area (Å²) in [6, 6.07) is 2.99. The number of aromatic nitrogens is 1. The maximum atomic E-state index is 12.0. The number of nitro groups is 1. The molecule has 7 nitrogen and oxygen atoms in total. The minimum absolute atomic E-state index is 0.0284. The van der Waals surface area contributed by atoms with Gasteiger partial charge in [-0.25, -0.2) is 0 Å². The van der Waals surface area contributed by atoms with Crippen molar-refractivity contribution in [3.8, 4) is 5.75 Å². The molecule has 0 bridgehead atoms. The van der Waals surface area contributed by atoms with Gasteiger partial charge in [-0.2, -0.15) is 0 Å². The Labute approximate surface area is 116 Å². The largest absolute Gasteiger partial charge is 0.476 e. The first kappa shape index (κ1) is 14.2. The van der Waals surface area contributed by atoms with Crippen LogP contribution < -0.4 is 4.74 Å². The van der Waals surface area contributed by atoms with Crippen LogP contribution in [0.1, 0.15) is 25.7 Å². The monoisotopic (exact) mass is 279 g/mol. The number of amides is 1. The summed E-state index contributed by atoms with van der Waals surface area (Å²) in [5.74, 6) is -0.470. The van der Waals surface area contributed by atoms with Gasteiger partial charge in [0.25, 0.3) is 5.91 Å². The second-order valence-corrected chi connectivity index (χ2v) is 4.67. The molecule has 2 heterocycles. The topological polar surface area (TPSA) is 85.6 Å². The summed E-state index contributed by atoms with van der Waals surface area (Å²) >= 11 is 0. The van der Waals surface area contributed by atoms with E-state index in [-0.39, 0.29) is 24.1 Å². The van der Waals surface area contributed by atoms with E-state index in [0.29, 0.717) is 0 Å². The van der Waals surface area contributed by atoms with E-state index in [1.54, 1.807) is 11.0 Å². The molecule has 1 aromatic rings. The number of nitrogens with zero attached hydrogens (tertiary/aromatic N) is 3. The van der Waals surface area contributed by atoms with E-state index in [1.807, 2.05) is 0 Å². The molecule has 1 aliphatic rings. The Bertz CT molecular complexity index is 484. The Kier molecular flexibility index (Phi) is 4.86. The van der Waals surface area contributed by atoms with Gasteiger partial charge in [-0.05, 0) is 34.9 Å². The van der Waals surface area contributed by atoms with Crippen molar-refractivity contribution < 1.29 is 14.5 Å². The summed E-state index contributed by atoms with van der Waals surface area (Å²) in [6.07, 6.45) is 5.59. The average molecular weight is 279 g/mol. The molecule has 1 aromatic heterocycles. The van der Waals surface area contributed by atoms with Gasteiger partial charge >= 0.3 is 5.82 Å². The molecular weight excluding hydrogens is 262 g/mol. The van der Waals surface area contributed by atoms with Crippen LogP contribution in [-0.4, -0.2) is 40.4 Å². The van der Waals surface area contributed by atoms with E-state index in [4.69, 9.17) is 4.74 Å². The van der Waals surface area contributed by atoms with E-state index in [9.17, 15) is 14.9 Å². The number of carbonyl (C=O) groups excluding carboxylic acids is 1. The molecule has 1 fully saturated rings. The van der Waals surface area contributed by atoms with Gasteiger partial charge in [-0.3, -0.25) is 4.79 Å². The number of carbonyl (C=O) groups is 1. The maximum absolute atomic E-state index is 12.0. The summed E-state index contributed by atoms with van der Waals surface area (Å²) in [5.41, 5.74) is 0. The van der Waals surface area contributed by atoms with Crippen LogP contribution in [0.25, 0.3) is 0 Å². The number of pyridine rings is 1. The van der Waals surface area contributed by atoms with E-state index < -0.39 is 4.92 Å². The number of ether oxygens (including phenoxy) is 1. The Morgan fingerprint density at radius 2 is 2.05 bits per heavy atom. The SMILES string of the molecule is O=C(COc1cccnc1[N+](=O)[O-])N1CCCCCC1. The Balaban J connectivity index is 1.94. The summed E-state index contributed by atoms with van der Waals surface area (Å²) < 4.78 is 5.26. The minimum Gasteiger partial charge on any atom is -0.476 e. The molecular formula is C13H17N3O4. The molecule has 1 amide bonds. The molecule has 0 saturated carbocycles. The molecule has 0 aliphatic carbocycles. The van der Waals surface area contributed by atoms with Gasteiger partial charge in [-0.1, -0.05) is 12.8 Å². The molecule has 1 aliphatic heterocycles. The number of hydrogen-bond donors (Lipinski definition) is 0. The molecule has 0 atom stereocenters. The van der Waals surface area contributed by atoms with E-state index in [1.165, 1.54) is 12.3 Å². The van der Waals surface area contributed by atoms with Gasteiger partial charge in [0.1, 0.15) is 6.20 Å². The van der Waals surface area contributed by atoms with Crippen molar-refractivity contribution >= 4 is 11.7 Å². The lowest BCUT2D eigenvalue weighted by Crippen LogP contribution is -2.35. The zero-order chi connectivity index (χ0) is 14.4. The molecule has 20 heavy (non-hydrogen) atoms. The third-order valence-electron chi connectivity index (χ3n) is 3.23. The second-order valence-electron chi connectivity index (χ2n) is 4.67. The van der Waals surface area contributed by atoms with Crippen molar-refractivity contribution in [3.63, 3.8) is 0 Å². The van der Waals surface area contributed by atoms with Gasteiger partial charge < -0.3 is 19.8 Å². The molecule has 7 heteroatoms. The van der Waals surface area contributed by atoms with Crippen LogP contribution in [0.5, 0.6) is 5.75 Å². The summed E-state index contributed by atoms with van der Waals surface area (Å²) in [7, 11) is 0. The first-order chi connectivity index (χ1) is 9.68. The standard InChI is InChI=1S/C13H17N3O4/c17-12(15-8-3-1-2-4-9-15)10-20-11-6-5-7-14-13(11)16(18)19/h5-7H,1-4,8-10H2. The maximum Gasteiger partial charge on any atom is 0.406 e. The van der Waals surface area contributed by atoms with Crippen molar-refractivity contribution in [1.29, 1.82) is 0 Å². The number of rotatable bonds is 4. The lowest BCUT2D eigenvalue weighted by Gasteiger charge is -2.20. The average Bonchev–Trinajstić information content (AvgIpc) is 2.74. The van der Waals surface area contributed by atoms with Crippen LogP contribution in [0.2, 0.25) is 0 Å². The third-order valence-corrected chi connectivity index (χ3v) is 3.23. The summed E-state index contributed by atoms with van der Waals surface area (Å²) in [6.45, 7) is 1.28. The fourth-order valence-electron chi connectivity index (χ4n) is 2.18. The summed E-state index contributed by atoms with van der Waals surface area (Å²) in [4.78, 5) is 27.6. The quantitative estimate of drug-likeness (QED) is 0.619. The predicted octanol–water partition coefficient (Wildman–Crippen LogP) is 1.77. The molecule has 2 rings (SSSR count). The van der Waals surface area contributed by atoms with Crippen molar-refractivity contribution in [2.24, 2.45) is 0 Å². The fourth-order valence-corrected chi connectivity index (χ4v) is 2.18. The zero-order valence-electron chi connectivity index (χ0n) is 11.2. The van der Waals surface area contributed by atoms with Gasteiger partial charge in [0, 0.05) is 13.1 Å². The normalized spacial score (nSPS) is 15.5. The summed E-state index contributed by atoms with van der Waals surface area (Å²) in [5, 5.41) is 10.8. The Morgan fingerprint density at radius 3 is 2.70 bits per heavy atom. The number of hydrogen-bond acceptors (Lipinski definition) is 5. The molecule has 0 unspecified atom stereocenters. The van der Waals surface area contributed by atoms with Crippen molar-refractivity contribution in [2.75, 3.05) is 19.7 Å². The number of likely N-dealkylation sites (tertiary alicyclic amines) is 1. The molecule has 0 aromatic carbocycles. The van der Waals surface area contributed by atoms with Gasteiger partial charge in [-0.15, -0.1) is 0 Å². The highest BCUT2D eigenvalue weighted by Crippen LogP contribution is 2.22.